The molecule has 0 bridgehead atoms. The molecule has 0 aliphatic rings. The van der Waals surface area contributed by atoms with E-state index in [0.717, 1.165) is 0 Å². The summed E-state index contributed by atoms with van der Waals surface area (Å²) >= 11 is 0. The van der Waals surface area contributed by atoms with Crippen molar-refractivity contribution in [1.82, 2.24) is 14.7 Å². The molecule has 7 nitrogen and oxygen atoms in total. The molecule has 0 fully saturated rings. The Morgan fingerprint density at radius 3 is 0.547 bits per heavy atom. The Bertz CT molecular complexity index is 1080. The number of rotatable bonds is 15. The van der Waals surface area contributed by atoms with Crippen LogP contribution in [0.25, 0.3) is 0 Å². The highest BCUT2D eigenvalue weighted by Gasteiger charge is 2.78. The van der Waals surface area contributed by atoms with Gasteiger partial charge >= 0.3 is 81.5 Å². The number of phosphoric ester groups is 1. The van der Waals surface area contributed by atoms with Crippen LogP contribution >= 0.6 is 7.82 Å². The zero-order chi connectivity index (χ0) is 43.5. The van der Waals surface area contributed by atoms with Gasteiger partial charge in [-0.05, 0) is 0 Å². The van der Waals surface area contributed by atoms with E-state index in [1.54, 1.807) is 0 Å². The first kappa shape index (κ1) is 50.9. The van der Waals surface area contributed by atoms with E-state index >= 15 is 0 Å². The lowest BCUT2D eigenvalue weighted by molar-refractivity contribution is -0.470. The van der Waals surface area contributed by atoms with Crippen LogP contribution in [0.3, 0.4) is 0 Å². The highest BCUT2D eigenvalue weighted by Crippen LogP contribution is 2.58. The Morgan fingerprint density at radius 2 is 0.434 bits per heavy atom. The van der Waals surface area contributed by atoms with Crippen molar-refractivity contribution in [2.45, 2.75) is 73.7 Å². The van der Waals surface area contributed by atoms with Gasteiger partial charge < -0.3 is 0 Å². The van der Waals surface area contributed by atoms with E-state index in [4.69, 9.17) is 0 Å². The van der Waals surface area contributed by atoms with Crippen molar-refractivity contribution in [3.63, 3.8) is 0 Å². The third-order valence-electron chi connectivity index (χ3n) is 4.90. The quantitative estimate of drug-likeness (QED) is 0.0923. The average molecular weight is 893 g/mol. The molecule has 0 unspecified atom stereocenters. The molecule has 0 aliphatic heterocycles. The summed E-state index contributed by atoms with van der Waals surface area (Å²) in [5, 5.41) is 0. The number of hydrogen-bond acceptors (Lipinski definition) is 7. The monoisotopic (exact) mass is 893 g/mol. The molecule has 0 rings (SSSR count). The Kier molecular flexibility index (Phi) is 13.9. The maximum Gasteiger partial charge on any atom is 0.475 e. The highest BCUT2D eigenvalue weighted by molar-refractivity contribution is 7.48. The third-order valence-corrected chi connectivity index (χ3v) is 6.23. The highest BCUT2D eigenvalue weighted by atomic mass is 31.2. The van der Waals surface area contributed by atoms with E-state index in [-0.39, 0.29) is 0 Å². The van der Waals surface area contributed by atoms with Crippen molar-refractivity contribution < 1.29 is 150 Å². The van der Waals surface area contributed by atoms with Crippen LogP contribution in [-0.2, 0) is 18.1 Å². The molecule has 38 heteroatoms. The molecule has 0 aromatic rings. The molecular formula is C15H6F30N3O4P. The van der Waals surface area contributed by atoms with E-state index in [1.807, 2.05) is 0 Å². The van der Waals surface area contributed by atoms with Crippen LogP contribution in [0.1, 0.15) is 0 Å². The lowest BCUT2D eigenvalue weighted by Gasteiger charge is -2.38. The van der Waals surface area contributed by atoms with Gasteiger partial charge in [-0.1, -0.05) is 14.7 Å². The van der Waals surface area contributed by atoms with Gasteiger partial charge in [0.2, 0.25) is 0 Å². The molecule has 0 aliphatic carbocycles. The summed E-state index contributed by atoms with van der Waals surface area (Å²) in [6.45, 7) is -13.4. The Hall–Kier alpha value is -2.11. The summed E-state index contributed by atoms with van der Waals surface area (Å²) in [5.74, 6) is -22.4. The van der Waals surface area contributed by atoms with Gasteiger partial charge in [-0.15, -0.1) is 0 Å². The lowest BCUT2D eigenvalue weighted by Crippen LogP contribution is -2.66. The van der Waals surface area contributed by atoms with E-state index in [0.29, 0.717) is 0 Å². The summed E-state index contributed by atoms with van der Waals surface area (Å²) in [6.07, 6.45) is -46.3. The topological polar surface area (TPSA) is 54.5 Å². The molecule has 0 heterocycles. The van der Waals surface area contributed by atoms with Crippen LogP contribution in [0.2, 0.25) is 0 Å². The minimum absolute atomic E-state index is 2.61. The van der Waals surface area contributed by atoms with Crippen LogP contribution < -0.4 is 0 Å². The van der Waals surface area contributed by atoms with Crippen molar-refractivity contribution in [2.24, 2.45) is 0 Å². The number of phosphoric acid groups is 1. The number of nitrogens with zero attached hydrogens (tertiary/aromatic N) is 3. The smallest absolute Gasteiger partial charge is 0.280 e. The molecule has 320 valence electrons. The largest absolute Gasteiger partial charge is 0.475 e. The molecule has 0 amide bonds. The second-order valence-electron chi connectivity index (χ2n) is 8.82. The van der Waals surface area contributed by atoms with Crippen LogP contribution in [-0.4, -0.2) is 108 Å². The molecule has 0 N–H and O–H groups in total. The zero-order valence-corrected chi connectivity index (χ0v) is 23.8. The minimum atomic E-state index is -8.24. The van der Waals surface area contributed by atoms with Gasteiger partial charge in [0.05, 0.1) is 0 Å². The second-order valence-corrected chi connectivity index (χ2v) is 10.5. The molecular weight excluding hydrogens is 887 g/mol. The fourth-order valence-electron chi connectivity index (χ4n) is 2.73. The number of alkyl halides is 30. The zero-order valence-electron chi connectivity index (χ0n) is 22.9. The van der Waals surface area contributed by atoms with Crippen LogP contribution in [0.15, 0.2) is 0 Å². The van der Waals surface area contributed by atoms with Gasteiger partial charge in [-0.3, -0.25) is 13.6 Å². The van der Waals surface area contributed by atoms with Gasteiger partial charge in [-0.2, -0.15) is 132 Å². The van der Waals surface area contributed by atoms with Gasteiger partial charge in [0, 0.05) is 0 Å². The van der Waals surface area contributed by atoms with Gasteiger partial charge in [-0.25, -0.2) is 4.57 Å². The van der Waals surface area contributed by atoms with Crippen molar-refractivity contribution in [2.75, 3.05) is 19.8 Å². The maximum absolute atomic E-state index is 13.9. The molecule has 0 radical (unpaired) electrons. The molecule has 0 spiro atoms. The normalized spacial score (nSPS) is 16.4. The molecule has 0 aromatic heterocycles. The van der Waals surface area contributed by atoms with E-state index in [2.05, 4.69) is 13.6 Å². The van der Waals surface area contributed by atoms with Gasteiger partial charge in [0.15, 0.2) is 0 Å². The van der Waals surface area contributed by atoms with E-state index < -0.39 is 116 Å². The molecule has 0 saturated carbocycles. The van der Waals surface area contributed by atoms with Crippen LogP contribution in [0, 0.1) is 0 Å². The van der Waals surface area contributed by atoms with Crippen molar-refractivity contribution in [1.29, 1.82) is 0 Å². The number of halogens is 30. The van der Waals surface area contributed by atoms with Crippen molar-refractivity contribution in [3.8, 4) is 0 Å². The van der Waals surface area contributed by atoms with Crippen molar-refractivity contribution in [3.05, 3.63) is 0 Å². The van der Waals surface area contributed by atoms with E-state index in [1.165, 1.54) is 0 Å². The maximum atomic E-state index is 13.9. The summed E-state index contributed by atoms with van der Waals surface area (Å²) in [6, 6.07) is -23.9. The Balaban J connectivity index is 7.20. The molecule has 0 aromatic carbocycles. The lowest BCUT2D eigenvalue weighted by atomic mass is 10.2. The Labute approximate surface area is 267 Å². The van der Waals surface area contributed by atoms with Crippen LogP contribution in [0.5, 0.6) is 0 Å². The molecule has 0 atom stereocenters. The predicted octanol–water partition coefficient (Wildman–Crippen LogP) is 9.85. The fraction of sp³-hybridized carbons (Fsp3) is 1.00. The van der Waals surface area contributed by atoms with Crippen LogP contribution in [0.4, 0.5) is 132 Å². The summed E-state index contributed by atoms with van der Waals surface area (Å²) in [5.41, 5.74) is 0. The van der Waals surface area contributed by atoms with Gasteiger partial charge in [0.1, 0.15) is 19.8 Å². The van der Waals surface area contributed by atoms with Crippen molar-refractivity contribution >= 4 is 7.82 Å². The van der Waals surface area contributed by atoms with E-state index in [9.17, 15) is 136 Å². The first-order valence-electron chi connectivity index (χ1n) is 11.1. The predicted molar refractivity (Wildman–Crippen MR) is 97.0 cm³/mol. The third kappa shape index (κ3) is 11.5. The molecule has 0 saturated heterocycles. The fourth-order valence-corrected chi connectivity index (χ4v) is 3.91. The first-order chi connectivity index (χ1) is 22.5. The standard InChI is InChI=1S/C15H6F30N3O4P/c16-4(17,7(22,23)46(10(28,29)30)11(31,32)33)1-50-53(49,51-2-5(18,19)8(24,25)47(12(34,35)36)13(37,38)39)52-3-6(20,21)9(26,27)48(14(40,41)42)15(43,44)45/h1-3H2. The number of hydrogen-bond donors (Lipinski definition) is 0. The average Bonchev–Trinajstić information content (AvgIpc) is 2.78. The summed E-state index contributed by atoms with van der Waals surface area (Å²) in [4.78, 5) is -13.2. The first-order valence-corrected chi connectivity index (χ1v) is 12.5. The minimum Gasteiger partial charge on any atom is -0.280 e. The van der Waals surface area contributed by atoms with Gasteiger partial charge in [0.25, 0.3) is 0 Å². The second kappa shape index (κ2) is 14.4. The molecule has 53 heavy (non-hydrogen) atoms. The summed E-state index contributed by atoms with van der Waals surface area (Å²) in [7, 11) is -8.24. The summed E-state index contributed by atoms with van der Waals surface area (Å²) < 4.78 is 411. The Morgan fingerprint density at radius 1 is 0.302 bits per heavy atom. The SMILES string of the molecule is O=P(OCC(F)(F)C(F)(F)N(C(F)(F)F)C(F)(F)F)(OCC(F)(F)C(F)(F)N(C(F)(F)F)C(F)(F)F)OCC(F)(F)C(F)(F)N(C(F)(F)F)C(F)(F)F.